The van der Waals surface area contributed by atoms with Crippen LogP contribution in [0.5, 0.6) is 0 Å². The number of rotatable bonds is 6. The summed E-state index contributed by atoms with van der Waals surface area (Å²) < 4.78 is 24.3. The van der Waals surface area contributed by atoms with Crippen molar-refractivity contribution in [2.24, 2.45) is 17.8 Å². The van der Waals surface area contributed by atoms with Gasteiger partial charge in [0, 0.05) is 11.0 Å². The Morgan fingerprint density at radius 1 is 1.39 bits per heavy atom. The number of aliphatic hydroxyl groups is 1. The van der Waals surface area contributed by atoms with Gasteiger partial charge >= 0.3 is 11.9 Å². The van der Waals surface area contributed by atoms with E-state index in [2.05, 4.69) is 5.32 Å². The Labute approximate surface area is 184 Å². The molecule has 7 nitrogen and oxygen atoms in total. The first-order valence-electron chi connectivity index (χ1n) is 10.4. The largest absolute Gasteiger partial charge is 0.467 e. The van der Waals surface area contributed by atoms with Gasteiger partial charge in [0.1, 0.15) is 29.5 Å². The van der Waals surface area contributed by atoms with Crippen LogP contribution in [0.15, 0.2) is 24.3 Å². The van der Waals surface area contributed by atoms with E-state index in [9.17, 15) is 23.9 Å². The molecule has 1 amide bonds. The SMILES string of the molecule is COC(=O)[C@H](CS[C@H]1C2C(=O)O[C@@H]3CC[C@H](C[C@@H]1C)[C@]23O)NC(=O)c1ccccc1F. The predicted molar refractivity (Wildman–Crippen MR) is 111 cm³/mol. The van der Waals surface area contributed by atoms with E-state index in [1.807, 2.05) is 6.92 Å². The van der Waals surface area contributed by atoms with Crippen LogP contribution in [0.2, 0.25) is 0 Å². The summed E-state index contributed by atoms with van der Waals surface area (Å²) in [7, 11) is 1.21. The first-order valence-corrected chi connectivity index (χ1v) is 11.5. The van der Waals surface area contributed by atoms with Gasteiger partial charge in [-0.1, -0.05) is 19.1 Å². The van der Waals surface area contributed by atoms with Gasteiger partial charge in [0.15, 0.2) is 0 Å². The lowest BCUT2D eigenvalue weighted by Gasteiger charge is -2.44. The van der Waals surface area contributed by atoms with E-state index in [0.717, 1.165) is 12.8 Å². The summed E-state index contributed by atoms with van der Waals surface area (Å²) >= 11 is 1.34. The Morgan fingerprint density at radius 3 is 2.84 bits per heavy atom. The summed E-state index contributed by atoms with van der Waals surface area (Å²) in [6.07, 6.45) is 1.79. The number of benzene rings is 1. The van der Waals surface area contributed by atoms with Gasteiger partial charge in [-0.15, -0.1) is 0 Å². The minimum absolute atomic E-state index is 0.0259. The highest BCUT2D eigenvalue weighted by molar-refractivity contribution is 8.00. The van der Waals surface area contributed by atoms with Crippen LogP contribution in [-0.2, 0) is 19.1 Å². The normalized spacial score (nSPS) is 34.6. The summed E-state index contributed by atoms with van der Waals surface area (Å²) in [4.78, 5) is 37.4. The standard InChI is InChI=1S/C22H26FNO6S/c1-11-9-12-7-8-16-22(12,28)17(21(27)30-16)18(11)31-10-15(20(26)29-2)24-19(25)13-5-3-4-6-14(13)23/h3-6,11-12,15-18,28H,7-10H2,1-2H3,(H,24,25)/t11-,12+,15-,16+,17?,18+,22+/m0/s1. The maximum Gasteiger partial charge on any atom is 0.329 e. The Hall–Kier alpha value is -2.13. The van der Waals surface area contributed by atoms with Crippen LogP contribution < -0.4 is 5.32 Å². The van der Waals surface area contributed by atoms with E-state index >= 15 is 0 Å². The second-order valence-corrected chi connectivity index (χ2v) is 9.82. The molecule has 0 spiro atoms. The number of carbonyl (C=O) groups excluding carboxylic acids is 3. The number of esters is 2. The first kappa shape index (κ1) is 22.1. The van der Waals surface area contributed by atoms with Crippen molar-refractivity contribution in [3.63, 3.8) is 0 Å². The maximum absolute atomic E-state index is 14.0. The molecule has 2 saturated carbocycles. The van der Waals surface area contributed by atoms with Gasteiger partial charge in [-0.05, 0) is 43.2 Å². The van der Waals surface area contributed by atoms with Crippen LogP contribution in [0.25, 0.3) is 0 Å². The van der Waals surface area contributed by atoms with Crippen molar-refractivity contribution in [2.75, 3.05) is 12.9 Å². The summed E-state index contributed by atoms with van der Waals surface area (Å²) in [6.45, 7) is 2.03. The molecule has 3 fully saturated rings. The van der Waals surface area contributed by atoms with Crippen molar-refractivity contribution >= 4 is 29.6 Å². The minimum atomic E-state index is -1.17. The molecule has 0 bridgehead atoms. The average Bonchev–Trinajstić information content (AvgIpc) is 3.19. The molecule has 4 rings (SSSR count). The fourth-order valence-electron chi connectivity index (χ4n) is 5.36. The minimum Gasteiger partial charge on any atom is -0.467 e. The number of methoxy groups -OCH3 is 1. The molecule has 1 aliphatic heterocycles. The lowest BCUT2D eigenvalue weighted by Crippen LogP contribution is -2.56. The zero-order valence-corrected chi connectivity index (χ0v) is 18.2. The number of hydrogen-bond acceptors (Lipinski definition) is 7. The highest BCUT2D eigenvalue weighted by Crippen LogP contribution is 2.58. The molecule has 168 valence electrons. The molecular weight excluding hydrogens is 425 g/mol. The van der Waals surface area contributed by atoms with Crippen LogP contribution >= 0.6 is 11.8 Å². The molecule has 7 atom stereocenters. The Kier molecular flexibility index (Phi) is 6.00. The van der Waals surface area contributed by atoms with Gasteiger partial charge in [-0.25, -0.2) is 9.18 Å². The molecular formula is C22H26FNO6S. The Balaban J connectivity index is 1.49. The number of amides is 1. The van der Waals surface area contributed by atoms with Crippen LogP contribution in [-0.4, -0.2) is 58.8 Å². The van der Waals surface area contributed by atoms with E-state index in [4.69, 9.17) is 9.47 Å². The van der Waals surface area contributed by atoms with Crippen LogP contribution in [0.4, 0.5) is 4.39 Å². The number of ether oxygens (including phenoxy) is 2. The van der Waals surface area contributed by atoms with E-state index in [0.29, 0.717) is 6.42 Å². The molecule has 2 aliphatic carbocycles. The lowest BCUT2D eigenvalue weighted by molar-refractivity contribution is -0.145. The maximum atomic E-state index is 14.0. The van der Waals surface area contributed by atoms with Crippen molar-refractivity contribution in [1.29, 1.82) is 0 Å². The van der Waals surface area contributed by atoms with Gasteiger partial charge < -0.3 is 19.9 Å². The molecule has 1 aromatic rings. The quantitative estimate of drug-likeness (QED) is 0.637. The fraction of sp³-hybridized carbons (Fsp3) is 0.591. The molecule has 1 unspecified atom stereocenters. The molecule has 1 aromatic carbocycles. The highest BCUT2D eigenvalue weighted by atomic mass is 32.2. The monoisotopic (exact) mass is 451 g/mol. The lowest BCUT2D eigenvalue weighted by atomic mass is 9.66. The third-order valence-corrected chi connectivity index (χ3v) is 8.52. The fourth-order valence-corrected chi connectivity index (χ4v) is 6.96. The first-order chi connectivity index (χ1) is 14.8. The van der Waals surface area contributed by atoms with E-state index in [1.165, 1.54) is 43.1 Å². The summed E-state index contributed by atoms with van der Waals surface area (Å²) in [5.41, 5.74) is -1.34. The number of halogens is 1. The van der Waals surface area contributed by atoms with Crippen molar-refractivity contribution in [2.45, 2.75) is 49.2 Å². The van der Waals surface area contributed by atoms with Gasteiger partial charge in [0.2, 0.25) is 0 Å². The van der Waals surface area contributed by atoms with Gasteiger partial charge in [0.25, 0.3) is 5.91 Å². The van der Waals surface area contributed by atoms with Crippen molar-refractivity contribution < 1.29 is 33.4 Å². The van der Waals surface area contributed by atoms with E-state index < -0.39 is 47.3 Å². The zero-order chi connectivity index (χ0) is 22.3. The van der Waals surface area contributed by atoms with Crippen molar-refractivity contribution in [3.8, 4) is 0 Å². The molecule has 3 aliphatic rings. The molecule has 0 aromatic heterocycles. The third-order valence-electron chi connectivity index (χ3n) is 6.87. The topological polar surface area (TPSA) is 102 Å². The molecule has 1 saturated heterocycles. The molecule has 0 radical (unpaired) electrons. The smallest absolute Gasteiger partial charge is 0.329 e. The highest BCUT2D eigenvalue weighted by Gasteiger charge is 2.68. The molecule has 2 N–H and O–H groups in total. The molecule has 9 heteroatoms. The summed E-state index contributed by atoms with van der Waals surface area (Å²) in [5, 5.41) is 13.6. The van der Waals surface area contributed by atoms with Crippen LogP contribution in [0.1, 0.15) is 36.5 Å². The molecule has 31 heavy (non-hydrogen) atoms. The van der Waals surface area contributed by atoms with E-state index in [-0.39, 0.29) is 28.4 Å². The van der Waals surface area contributed by atoms with Gasteiger partial charge in [-0.3, -0.25) is 9.59 Å². The van der Waals surface area contributed by atoms with Gasteiger partial charge in [-0.2, -0.15) is 11.8 Å². The Morgan fingerprint density at radius 2 is 2.13 bits per heavy atom. The average molecular weight is 452 g/mol. The summed E-state index contributed by atoms with van der Waals surface area (Å²) in [6, 6.07) is 4.48. The van der Waals surface area contributed by atoms with Crippen LogP contribution in [0, 0.1) is 23.6 Å². The summed E-state index contributed by atoms with van der Waals surface area (Å²) in [5.74, 6) is -2.87. The van der Waals surface area contributed by atoms with Gasteiger partial charge in [0.05, 0.1) is 12.7 Å². The zero-order valence-electron chi connectivity index (χ0n) is 17.4. The second kappa shape index (κ2) is 8.43. The van der Waals surface area contributed by atoms with E-state index in [1.54, 1.807) is 0 Å². The predicted octanol–water partition coefficient (Wildman–Crippen LogP) is 1.92. The second-order valence-electron chi connectivity index (χ2n) is 8.60. The molecule has 1 heterocycles. The van der Waals surface area contributed by atoms with Crippen LogP contribution in [0.3, 0.4) is 0 Å². The number of thioether (sulfide) groups is 1. The third kappa shape index (κ3) is 3.71. The van der Waals surface area contributed by atoms with Crippen molar-refractivity contribution in [1.82, 2.24) is 5.32 Å². The van der Waals surface area contributed by atoms with Crippen molar-refractivity contribution in [3.05, 3.63) is 35.6 Å². The number of hydrogen-bond donors (Lipinski definition) is 2. The number of carbonyl (C=O) groups is 3. The number of nitrogens with one attached hydrogen (secondary N) is 1. The Bertz CT molecular complexity index is 897.